The van der Waals surface area contributed by atoms with Gasteiger partial charge in [-0.2, -0.15) is 0 Å². The number of aromatic hydroxyl groups is 1. The van der Waals surface area contributed by atoms with Crippen LogP contribution in [-0.2, 0) is 14.3 Å². The van der Waals surface area contributed by atoms with Gasteiger partial charge in [0, 0.05) is 11.6 Å². The number of halogens is 1. The third kappa shape index (κ3) is 6.15. The van der Waals surface area contributed by atoms with E-state index in [2.05, 4.69) is 10.6 Å². The fourth-order valence-corrected chi connectivity index (χ4v) is 1.80. The molecule has 1 aromatic rings. The molecule has 1 aromatic carbocycles. The minimum atomic E-state index is -0.864. The van der Waals surface area contributed by atoms with Gasteiger partial charge in [-0.1, -0.05) is 18.5 Å². The van der Waals surface area contributed by atoms with Crippen molar-refractivity contribution in [3.05, 3.63) is 28.8 Å². The van der Waals surface area contributed by atoms with Crippen molar-refractivity contribution in [2.24, 2.45) is 0 Å². The van der Waals surface area contributed by atoms with Crippen molar-refractivity contribution in [2.45, 2.75) is 26.3 Å². The number of hydrogen-bond acceptors (Lipinski definition) is 5. The van der Waals surface area contributed by atoms with E-state index in [1.807, 2.05) is 6.92 Å². The molecule has 2 amide bonds. The molecule has 0 aliphatic carbocycles. The molecule has 0 aromatic heterocycles. The highest BCUT2D eigenvalue weighted by molar-refractivity contribution is 6.30. The lowest BCUT2D eigenvalue weighted by atomic mass is 10.2. The molecule has 0 fully saturated rings. The van der Waals surface area contributed by atoms with Gasteiger partial charge in [-0.25, -0.2) is 4.79 Å². The minimum absolute atomic E-state index is 0.101. The number of benzene rings is 1. The van der Waals surface area contributed by atoms with Crippen molar-refractivity contribution in [2.75, 3.05) is 13.2 Å². The molecule has 126 valence electrons. The van der Waals surface area contributed by atoms with E-state index in [1.54, 1.807) is 0 Å². The lowest BCUT2D eigenvalue weighted by Crippen LogP contribution is -2.46. The van der Waals surface area contributed by atoms with E-state index < -0.39 is 24.5 Å². The summed E-state index contributed by atoms with van der Waals surface area (Å²) < 4.78 is 4.79. The molecular formula is C15H19ClN2O5. The molecule has 0 aliphatic rings. The van der Waals surface area contributed by atoms with Crippen LogP contribution in [0.1, 0.15) is 30.6 Å². The summed E-state index contributed by atoms with van der Waals surface area (Å²) >= 11 is 5.66. The second-order valence-corrected chi connectivity index (χ2v) is 5.25. The van der Waals surface area contributed by atoms with Crippen LogP contribution in [0.4, 0.5) is 0 Å². The summed E-state index contributed by atoms with van der Waals surface area (Å²) in [7, 11) is 0. The quantitative estimate of drug-likeness (QED) is 0.646. The highest BCUT2D eigenvalue weighted by atomic mass is 35.5. The smallest absolute Gasteiger partial charge is 0.342 e. The van der Waals surface area contributed by atoms with E-state index in [4.69, 9.17) is 16.3 Å². The largest absolute Gasteiger partial charge is 0.507 e. The first-order valence-corrected chi connectivity index (χ1v) is 7.45. The van der Waals surface area contributed by atoms with E-state index in [0.717, 1.165) is 6.42 Å². The monoisotopic (exact) mass is 342 g/mol. The topological polar surface area (TPSA) is 105 Å². The van der Waals surface area contributed by atoms with E-state index in [9.17, 15) is 19.5 Å². The Morgan fingerprint density at radius 1 is 1.35 bits per heavy atom. The Bertz CT molecular complexity index is 591. The molecular weight excluding hydrogens is 324 g/mol. The lowest BCUT2D eigenvalue weighted by Gasteiger charge is -2.14. The third-order valence-corrected chi connectivity index (χ3v) is 3.07. The predicted octanol–water partition coefficient (Wildman–Crippen LogP) is 1.23. The molecule has 0 bridgehead atoms. The Kier molecular flexibility index (Phi) is 7.34. The third-order valence-electron chi connectivity index (χ3n) is 2.83. The summed E-state index contributed by atoms with van der Waals surface area (Å²) in [6.07, 6.45) is 0.786. The minimum Gasteiger partial charge on any atom is -0.507 e. The first-order valence-electron chi connectivity index (χ1n) is 7.07. The van der Waals surface area contributed by atoms with Gasteiger partial charge in [0.05, 0.1) is 0 Å². The zero-order valence-corrected chi connectivity index (χ0v) is 13.6. The summed E-state index contributed by atoms with van der Waals surface area (Å²) in [6.45, 7) is 3.39. The summed E-state index contributed by atoms with van der Waals surface area (Å²) in [5.74, 6) is -2.14. The van der Waals surface area contributed by atoms with Crippen molar-refractivity contribution in [3.63, 3.8) is 0 Å². The maximum atomic E-state index is 11.8. The highest BCUT2D eigenvalue weighted by Gasteiger charge is 2.18. The van der Waals surface area contributed by atoms with Gasteiger partial charge < -0.3 is 20.5 Å². The summed E-state index contributed by atoms with van der Waals surface area (Å²) in [6, 6.07) is 3.16. The van der Waals surface area contributed by atoms with Crippen LogP contribution in [0.3, 0.4) is 0 Å². The molecule has 23 heavy (non-hydrogen) atoms. The number of carbonyl (C=O) groups is 3. The summed E-state index contributed by atoms with van der Waals surface area (Å²) in [4.78, 5) is 35.0. The first kappa shape index (κ1) is 18.8. The maximum absolute atomic E-state index is 11.8. The van der Waals surface area contributed by atoms with E-state index in [0.29, 0.717) is 6.54 Å². The van der Waals surface area contributed by atoms with E-state index in [1.165, 1.54) is 25.1 Å². The normalized spacial score (nSPS) is 11.4. The van der Waals surface area contributed by atoms with Crippen LogP contribution in [0.25, 0.3) is 0 Å². The standard InChI is InChI=1S/C15H19ClN2O5/c1-3-6-17-14(21)9(2)18-13(20)8-23-15(22)11-5-4-10(16)7-12(11)19/h4-5,7,9,19H,3,6,8H2,1-2H3,(H,17,21)(H,18,20)/t9-/m1/s1. The number of hydrogen-bond donors (Lipinski definition) is 3. The molecule has 7 nitrogen and oxygen atoms in total. The summed E-state index contributed by atoms with van der Waals surface area (Å²) in [5, 5.41) is 14.9. The predicted molar refractivity (Wildman–Crippen MR) is 84.3 cm³/mol. The molecule has 8 heteroatoms. The van der Waals surface area contributed by atoms with Gasteiger partial charge in [-0.15, -0.1) is 0 Å². The van der Waals surface area contributed by atoms with Crippen LogP contribution in [0.15, 0.2) is 18.2 Å². The number of phenolic OH excluding ortho intramolecular Hbond substituents is 1. The Hall–Kier alpha value is -2.28. The van der Waals surface area contributed by atoms with Crippen LogP contribution < -0.4 is 10.6 Å². The maximum Gasteiger partial charge on any atom is 0.342 e. The lowest BCUT2D eigenvalue weighted by molar-refractivity contribution is -0.130. The Morgan fingerprint density at radius 2 is 2.04 bits per heavy atom. The zero-order chi connectivity index (χ0) is 17.4. The van der Waals surface area contributed by atoms with Gasteiger partial charge in [-0.3, -0.25) is 9.59 Å². The van der Waals surface area contributed by atoms with Gasteiger partial charge in [0.1, 0.15) is 17.4 Å². The van der Waals surface area contributed by atoms with E-state index >= 15 is 0 Å². The van der Waals surface area contributed by atoms with Crippen LogP contribution in [0, 0.1) is 0 Å². The number of esters is 1. The van der Waals surface area contributed by atoms with Crippen LogP contribution in [0.2, 0.25) is 5.02 Å². The van der Waals surface area contributed by atoms with Gasteiger partial charge >= 0.3 is 5.97 Å². The Labute approximate surface area is 139 Å². The van der Waals surface area contributed by atoms with Gasteiger partial charge in [0.15, 0.2) is 6.61 Å². The Balaban J connectivity index is 2.46. The number of carbonyl (C=O) groups excluding carboxylic acids is 3. The zero-order valence-electron chi connectivity index (χ0n) is 12.9. The van der Waals surface area contributed by atoms with Crippen LogP contribution in [0.5, 0.6) is 5.75 Å². The van der Waals surface area contributed by atoms with Crippen molar-refractivity contribution in [1.82, 2.24) is 10.6 Å². The van der Waals surface area contributed by atoms with Gasteiger partial charge in [0.2, 0.25) is 5.91 Å². The molecule has 1 rings (SSSR count). The second kappa shape index (κ2) is 8.99. The molecule has 0 aliphatic heterocycles. The SMILES string of the molecule is CCCNC(=O)[C@@H](C)NC(=O)COC(=O)c1ccc(Cl)cc1O. The molecule has 3 N–H and O–H groups in total. The molecule has 0 saturated carbocycles. The fourth-order valence-electron chi connectivity index (χ4n) is 1.64. The molecule has 0 radical (unpaired) electrons. The van der Waals surface area contributed by atoms with E-state index in [-0.39, 0.29) is 22.2 Å². The molecule has 0 spiro atoms. The average molecular weight is 343 g/mol. The average Bonchev–Trinajstić information content (AvgIpc) is 2.50. The van der Waals surface area contributed by atoms with Gasteiger partial charge in [0.25, 0.3) is 5.91 Å². The van der Waals surface area contributed by atoms with Crippen LogP contribution >= 0.6 is 11.6 Å². The fraction of sp³-hybridized carbons (Fsp3) is 0.400. The molecule has 0 heterocycles. The molecule has 0 saturated heterocycles. The molecule has 0 unspecified atom stereocenters. The number of ether oxygens (including phenoxy) is 1. The highest BCUT2D eigenvalue weighted by Crippen LogP contribution is 2.22. The van der Waals surface area contributed by atoms with Crippen molar-refractivity contribution in [1.29, 1.82) is 0 Å². The first-order chi connectivity index (χ1) is 10.8. The number of phenols is 1. The van der Waals surface area contributed by atoms with Gasteiger partial charge in [-0.05, 0) is 31.5 Å². The van der Waals surface area contributed by atoms with Crippen molar-refractivity contribution >= 4 is 29.4 Å². The molecule has 1 atom stereocenters. The second-order valence-electron chi connectivity index (χ2n) is 4.82. The van der Waals surface area contributed by atoms with Crippen molar-refractivity contribution in [3.8, 4) is 5.75 Å². The van der Waals surface area contributed by atoms with Crippen molar-refractivity contribution < 1.29 is 24.2 Å². The van der Waals surface area contributed by atoms with Crippen LogP contribution in [-0.4, -0.2) is 42.1 Å². The number of rotatable bonds is 7. The number of amides is 2. The number of nitrogens with one attached hydrogen (secondary N) is 2. The summed E-state index contributed by atoms with van der Waals surface area (Å²) in [5.41, 5.74) is -0.101. The Morgan fingerprint density at radius 3 is 2.65 bits per heavy atom.